The molecule has 14 aromatic carbocycles. The predicted octanol–water partition coefficient (Wildman–Crippen LogP) is 18.6. The minimum Gasteiger partial charge on any atom is -0.0619 e. The lowest BCUT2D eigenvalue weighted by molar-refractivity contribution is 0.801. The van der Waals surface area contributed by atoms with Crippen LogP contribution in [0.1, 0.15) is 22.3 Å². The van der Waals surface area contributed by atoms with Gasteiger partial charge in [0.25, 0.3) is 0 Å². The summed E-state index contributed by atoms with van der Waals surface area (Å²) in [5.41, 5.74) is 15.1. The van der Waals surface area contributed by atoms with Crippen molar-refractivity contribution in [3.05, 3.63) is 265 Å². The molecule has 2 aliphatic rings. The summed E-state index contributed by atoms with van der Waals surface area (Å²) in [5, 5.41) is 20.5. The van der Waals surface area contributed by atoms with Gasteiger partial charge in [0.05, 0.1) is 5.41 Å². The Kier molecular flexibility index (Phi) is 7.36. The molecule has 2 aliphatic carbocycles. The van der Waals surface area contributed by atoms with E-state index in [9.17, 15) is 0 Å². The van der Waals surface area contributed by atoms with Crippen molar-refractivity contribution in [2.45, 2.75) is 5.41 Å². The Labute approximate surface area is 399 Å². The van der Waals surface area contributed by atoms with Gasteiger partial charge in [-0.05, 0) is 189 Å². The number of benzene rings is 14. The molecule has 0 radical (unpaired) electrons. The average Bonchev–Trinajstić information content (AvgIpc) is 3.89. The van der Waals surface area contributed by atoms with Crippen molar-refractivity contribution >= 4 is 86.2 Å². The fraction of sp³-hybridized carbons (Fsp3) is 0.0145. The van der Waals surface area contributed by atoms with Gasteiger partial charge in [-0.25, -0.2) is 0 Å². The summed E-state index contributed by atoms with van der Waals surface area (Å²) in [4.78, 5) is 0. The van der Waals surface area contributed by atoms with Gasteiger partial charge in [-0.3, -0.25) is 0 Å². The Bertz CT molecular complexity index is 4560. The summed E-state index contributed by atoms with van der Waals surface area (Å²) in [6, 6.07) is 92.3. The fourth-order valence-electron chi connectivity index (χ4n) is 13.2. The molecular formula is C69H40. The van der Waals surface area contributed by atoms with Crippen molar-refractivity contribution in [1.82, 2.24) is 0 Å². The van der Waals surface area contributed by atoms with E-state index in [2.05, 4.69) is 243 Å². The van der Waals surface area contributed by atoms with Gasteiger partial charge in [0, 0.05) is 0 Å². The molecular weight excluding hydrogens is 829 g/mol. The lowest BCUT2D eigenvalue weighted by Crippen LogP contribution is -2.26. The van der Waals surface area contributed by atoms with Gasteiger partial charge in [-0.1, -0.05) is 206 Å². The largest absolute Gasteiger partial charge is 0.0731 e. The summed E-state index contributed by atoms with van der Waals surface area (Å²) in [6.45, 7) is 0. The van der Waals surface area contributed by atoms with E-state index in [-0.39, 0.29) is 0 Å². The van der Waals surface area contributed by atoms with Crippen molar-refractivity contribution in [2.24, 2.45) is 0 Å². The highest BCUT2D eigenvalue weighted by Gasteiger charge is 2.52. The van der Waals surface area contributed by atoms with E-state index in [1.54, 1.807) is 0 Å². The first-order chi connectivity index (χ1) is 34.2. The lowest BCUT2D eigenvalue weighted by atomic mass is 9.69. The quantitative estimate of drug-likeness (QED) is 0.120. The van der Waals surface area contributed by atoms with E-state index in [4.69, 9.17) is 0 Å². The molecule has 0 saturated carbocycles. The maximum atomic E-state index is 2.57. The first-order valence-electron chi connectivity index (χ1n) is 24.2. The third kappa shape index (κ3) is 4.92. The smallest absolute Gasteiger partial charge is 0.0619 e. The second-order valence-electron chi connectivity index (χ2n) is 19.4. The first kappa shape index (κ1) is 37.3. The molecule has 0 aliphatic heterocycles. The summed E-state index contributed by atoms with van der Waals surface area (Å²) in [7, 11) is 0. The van der Waals surface area contributed by atoms with Crippen molar-refractivity contribution in [3.63, 3.8) is 0 Å². The topological polar surface area (TPSA) is 0 Å². The fourth-order valence-corrected chi connectivity index (χ4v) is 13.2. The molecule has 16 rings (SSSR count). The van der Waals surface area contributed by atoms with Crippen LogP contribution < -0.4 is 0 Å². The molecule has 1 spiro atoms. The zero-order valence-corrected chi connectivity index (χ0v) is 37.6. The monoisotopic (exact) mass is 868 g/mol. The molecule has 0 N–H and O–H groups in total. The van der Waals surface area contributed by atoms with E-state index >= 15 is 0 Å². The SMILES string of the molecule is c1ccc2c(c1)-c1ccccc1C21c2cc(-c3cc4c5ccccc5ccc4c4cc5ccccc5cc34)ccc2-c2ccc3cc(-c4cc5c6ccccc6ccc5c5ccccc45)ccc3c21. The van der Waals surface area contributed by atoms with E-state index in [0.29, 0.717) is 0 Å². The highest BCUT2D eigenvalue weighted by atomic mass is 14.5. The summed E-state index contributed by atoms with van der Waals surface area (Å²) in [5.74, 6) is 0. The lowest BCUT2D eigenvalue weighted by Gasteiger charge is -2.32. The van der Waals surface area contributed by atoms with Crippen LogP contribution in [0.2, 0.25) is 0 Å². The maximum Gasteiger partial charge on any atom is 0.0731 e. The minimum absolute atomic E-state index is 0.532. The van der Waals surface area contributed by atoms with E-state index in [1.807, 2.05) is 0 Å². The van der Waals surface area contributed by atoms with Crippen molar-refractivity contribution in [3.8, 4) is 44.5 Å². The molecule has 316 valence electrons. The van der Waals surface area contributed by atoms with Crippen LogP contribution in [0.3, 0.4) is 0 Å². The second kappa shape index (κ2) is 13.6. The van der Waals surface area contributed by atoms with Gasteiger partial charge in [-0.15, -0.1) is 0 Å². The van der Waals surface area contributed by atoms with Crippen molar-refractivity contribution < 1.29 is 0 Å². The predicted molar refractivity (Wildman–Crippen MR) is 294 cm³/mol. The maximum absolute atomic E-state index is 2.57. The minimum atomic E-state index is -0.532. The zero-order valence-electron chi connectivity index (χ0n) is 37.6. The van der Waals surface area contributed by atoms with Crippen molar-refractivity contribution in [1.29, 1.82) is 0 Å². The molecule has 0 unspecified atom stereocenters. The van der Waals surface area contributed by atoms with Crippen LogP contribution >= 0.6 is 0 Å². The highest BCUT2D eigenvalue weighted by Crippen LogP contribution is 2.64. The average molecular weight is 869 g/mol. The Hall–Kier alpha value is -8.84. The Morgan fingerprint density at radius 2 is 0.623 bits per heavy atom. The molecule has 0 heteroatoms. The van der Waals surface area contributed by atoms with E-state index in [1.165, 1.54) is 153 Å². The molecule has 0 fully saturated rings. The summed E-state index contributed by atoms with van der Waals surface area (Å²) >= 11 is 0. The van der Waals surface area contributed by atoms with Gasteiger partial charge in [0.1, 0.15) is 0 Å². The third-order valence-corrected chi connectivity index (χ3v) is 16.2. The Morgan fingerprint density at radius 3 is 1.30 bits per heavy atom. The second-order valence-corrected chi connectivity index (χ2v) is 19.4. The van der Waals surface area contributed by atoms with Crippen LogP contribution in [-0.4, -0.2) is 0 Å². The van der Waals surface area contributed by atoms with Gasteiger partial charge < -0.3 is 0 Å². The molecule has 0 aromatic heterocycles. The Morgan fingerprint density at radius 1 is 0.188 bits per heavy atom. The molecule has 14 aromatic rings. The van der Waals surface area contributed by atoms with Crippen LogP contribution in [0.5, 0.6) is 0 Å². The molecule has 0 amide bonds. The highest BCUT2D eigenvalue weighted by molar-refractivity contribution is 6.24. The van der Waals surface area contributed by atoms with Crippen molar-refractivity contribution in [2.75, 3.05) is 0 Å². The van der Waals surface area contributed by atoms with Crippen LogP contribution in [0.15, 0.2) is 243 Å². The van der Waals surface area contributed by atoms with Gasteiger partial charge in [0.2, 0.25) is 0 Å². The Balaban J connectivity index is 0.977. The van der Waals surface area contributed by atoms with Crippen LogP contribution in [0, 0.1) is 0 Å². The normalized spacial score (nSPS) is 13.3. The molecule has 0 atom stereocenters. The standard InChI is InChI=1S/C69H40/c1-2-16-44-37-62-60(40-64-49-18-6-4-14-42(49)26-32-54(64)61(62)36-43(44)15-1)47-28-33-57-58-34-29-45-35-46(59-39-63-48-17-5-3-13-41(48)25-31-53(63)51-19-7-8-20-52(51)59)27-30-50(45)68(58)69(67(57)38-47)65-23-11-9-21-55(65)56-22-10-12-24-66(56)69/h1-40H. The van der Waals surface area contributed by atoms with Gasteiger partial charge >= 0.3 is 0 Å². The molecule has 69 heavy (non-hydrogen) atoms. The summed E-state index contributed by atoms with van der Waals surface area (Å²) in [6.07, 6.45) is 0. The summed E-state index contributed by atoms with van der Waals surface area (Å²) < 4.78 is 0. The number of hydrogen-bond acceptors (Lipinski definition) is 0. The van der Waals surface area contributed by atoms with Crippen LogP contribution in [0.4, 0.5) is 0 Å². The molecule has 0 bridgehead atoms. The van der Waals surface area contributed by atoms with Crippen LogP contribution in [0.25, 0.3) is 131 Å². The zero-order chi connectivity index (χ0) is 45.0. The van der Waals surface area contributed by atoms with Gasteiger partial charge in [-0.2, -0.15) is 0 Å². The molecule has 0 saturated heterocycles. The first-order valence-corrected chi connectivity index (χ1v) is 24.2. The third-order valence-electron chi connectivity index (χ3n) is 16.2. The number of hydrogen-bond donors (Lipinski definition) is 0. The number of rotatable bonds is 2. The number of fused-ring (bicyclic) bond motifs is 23. The van der Waals surface area contributed by atoms with Crippen LogP contribution in [-0.2, 0) is 5.41 Å². The van der Waals surface area contributed by atoms with E-state index in [0.717, 1.165) is 0 Å². The molecule has 0 heterocycles. The molecule has 0 nitrogen and oxygen atoms in total. The van der Waals surface area contributed by atoms with Gasteiger partial charge in [0.15, 0.2) is 0 Å². The van der Waals surface area contributed by atoms with E-state index < -0.39 is 5.41 Å².